The summed E-state index contributed by atoms with van der Waals surface area (Å²) in [6, 6.07) is 10.3. The molecule has 0 aliphatic carbocycles. The van der Waals surface area contributed by atoms with E-state index in [9.17, 15) is 4.39 Å². The average Bonchev–Trinajstić information content (AvgIpc) is 2.45. The van der Waals surface area contributed by atoms with Gasteiger partial charge >= 0.3 is 0 Å². The smallest absolute Gasteiger partial charge is 0.138 e. The summed E-state index contributed by atoms with van der Waals surface area (Å²) >= 11 is 0. The molecule has 4 heteroatoms. The van der Waals surface area contributed by atoms with Gasteiger partial charge < -0.3 is 10.1 Å². The molecule has 0 unspecified atom stereocenters. The van der Waals surface area contributed by atoms with E-state index in [1.807, 2.05) is 19.1 Å². The van der Waals surface area contributed by atoms with Gasteiger partial charge in [-0.15, -0.1) is 0 Å². The van der Waals surface area contributed by atoms with Gasteiger partial charge in [-0.2, -0.15) is 0 Å². The molecule has 0 aliphatic heterocycles. The van der Waals surface area contributed by atoms with Crippen molar-refractivity contribution in [3.05, 3.63) is 59.7 Å². The minimum absolute atomic E-state index is 0.209. The Bertz CT molecular complexity index is 514. The van der Waals surface area contributed by atoms with Crippen LogP contribution in [0, 0.1) is 5.82 Å². The highest BCUT2D eigenvalue weighted by Gasteiger charge is 2.02. The maximum absolute atomic E-state index is 13.4. The first-order valence-electron chi connectivity index (χ1n) is 6.31. The number of hydrogen-bond donors (Lipinski definition) is 1. The molecule has 1 N–H and O–H groups in total. The lowest BCUT2D eigenvalue weighted by molar-refractivity contribution is 0.298. The van der Waals surface area contributed by atoms with Crippen molar-refractivity contribution in [2.75, 3.05) is 6.54 Å². The second-order valence-corrected chi connectivity index (χ2v) is 4.15. The van der Waals surface area contributed by atoms with E-state index in [0.717, 1.165) is 18.8 Å². The van der Waals surface area contributed by atoms with Crippen LogP contribution in [0.2, 0.25) is 0 Å². The van der Waals surface area contributed by atoms with E-state index in [-0.39, 0.29) is 12.4 Å². The quantitative estimate of drug-likeness (QED) is 0.867. The van der Waals surface area contributed by atoms with E-state index in [1.54, 1.807) is 24.4 Å². The van der Waals surface area contributed by atoms with E-state index in [1.165, 1.54) is 6.07 Å². The van der Waals surface area contributed by atoms with Gasteiger partial charge in [0.2, 0.25) is 0 Å². The molecular weight excluding hydrogens is 243 g/mol. The predicted molar refractivity (Wildman–Crippen MR) is 72.3 cm³/mol. The minimum Gasteiger partial charge on any atom is -0.487 e. The SMILES string of the molecule is CCNCc1ccc(OCc2ccccc2F)cn1. The molecule has 0 saturated heterocycles. The number of aromatic nitrogens is 1. The Balaban J connectivity index is 1.91. The fourth-order valence-corrected chi connectivity index (χ4v) is 1.63. The standard InChI is InChI=1S/C15H17FN2O/c1-2-17-9-13-7-8-14(10-18-13)19-11-12-5-3-4-6-15(12)16/h3-8,10,17H,2,9,11H2,1H3. The molecule has 19 heavy (non-hydrogen) atoms. The lowest BCUT2D eigenvalue weighted by Crippen LogP contribution is -2.12. The minimum atomic E-state index is -0.251. The van der Waals surface area contributed by atoms with E-state index in [4.69, 9.17) is 4.74 Å². The summed E-state index contributed by atoms with van der Waals surface area (Å²) in [6.07, 6.45) is 1.66. The van der Waals surface area contributed by atoms with Gasteiger partial charge in [0, 0.05) is 12.1 Å². The number of pyridine rings is 1. The summed E-state index contributed by atoms with van der Waals surface area (Å²) in [5.74, 6) is 0.391. The fourth-order valence-electron chi connectivity index (χ4n) is 1.63. The predicted octanol–water partition coefficient (Wildman–Crippen LogP) is 2.91. The number of nitrogens with one attached hydrogen (secondary N) is 1. The molecule has 1 heterocycles. The van der Waals surface area contributed by atoms with E-state index >= 15 is 0 Å². The first-order valence-corrected chi connectivity index (χ1v) is 6.31. The number of ether oxygens (including phenoxy) is 1. The van der Waals surface area contributed by atoms with Gasteiger partial charge in [0.1, 0.15) is 18.2 Å². The highest BCUT2D eigenvalue weighted by molar-refractivity contribution is 5.22. The zero-order valence-corrected chi connectivity index (χ0v) is 10.9. The van der Waals surface area contributed by atoms with Crippen LogP contribution in [0.25, 0.3) is 0 Å². The van der Waals surface area contributed by atoms with Crippen molar-refractivity contribution in [2.45, 2.75) is 20.1 Å². The van der Waals surface area contributed by atoms with Crippen molar-refractivity contribution in [1.82, 2.24) is 10.3 Å². The van der Waals surface area contributed by atoms with E-state index in [2.05, 4.69) is 10.3 Å². The van der Waals surface area contributed by atoms with Gasteiger partial charge in [-0.05, 0) is 24.7 Å². The van der Waals surface area contributed by atoms with E-state index < -0.39 is 0 Å². The van der Waals surface area contributed by atoms with Crippen LogP contribution >= 0.6 is 0 Å². The van der Waals surface area contributed by atoms with Crippen LogP contribution in [-0.2, 0) is 13.2 Å². The van der Waals surface area contributed by atoms with Crippen molar-refractivity contribution in [2.24, 2.45) is 0 Å². The first-order chi connectivity index (χ1) is 9.29. The maximum Gasteiger partial charge on any atom is 0.138 e. The Kier molecular flexibility index (Phi) is 4.86. The van der Waals surface area contributed by atoms with Crippen molar-refractivity contribution < 1.29 is 9.13 Å². The van der Waals surface area contributed by atoms with Crippen LogP contribution in [0.1, 0.15) is 18.2 Å². The molecule has 0 aliphatic rings. The van der Waals surface area contributed by atoms with Crippen molar-refractivity contribution in [1.29, 1.82) is 0 Å². The van der Waals surface area contributed by atoms with Crippen molar-refractivity contribution in [3.63, 3.8) is 0 Å². The number of rotatable bonds is 6. The highest BCUT2D eigenvalue weighted by atomic mass is 19.1. The molecular formula is C15H17FN2O. The van der Waals surface area contributed by atoms with Crippen molar-refractivity contribution >= 4 is 0 Å². The summed E-state index contributed by atoms with van der Waals surface area (Å²) in [7, 11) is 0. The molecule has 100 valence electrons. The van der Waals surface area contributed by atoms with Crippen LogP contribution in [0.15, 0.2) is 42.6 Å². The van der Waals surface area contributed by atoms with Crippen LogP contribution in [0.3, 0.4) is 0 Å². The molecule has 3 nitrogen and oxygen atoms in total. The Hall–Kier alpha value is -1.94. The summed E-state index contributed by atoms with van der Waals surface area (Å²) in [4.78, 5) is 4.27. The first kappa shape index (κ1) is 13.5. The van der Waals surface area contributed by atoms with Gasteiger partial charge in [-0.1, -0.05) is 25.1 Å². The number of benzene rings is 1. The third-order valence-corrected chi connectivity index (χ3v) is 2.71. The third-order valence-electron chi connectivity index (χ3n) is 2.71. The molecule has 0 fully saturated rings. The number of hydrogen-bond acceptors (Lipinski definition) is 3. The third kappa shape index (κ3) is 4.03. The van der Waals surface area contributed by atoms with Gasteiger partial charge in [0.25, 0.3) is 0 Å². The van der Waals surface area contributed by atoms with Gasteiger partial charge in [0.15, 0.2) is 0 Å². The Morgan fingerprint density at radius 3 is 2.74 bits per heavy atom. The monoisotopic (exact) mass is 260 g/mol. The van der Waals surface area contributed by atoms with Gasteiger partial charge in [-0.3, -0.25) is 4.98 Å². The van der Waals surface area contributed by atoms with Gasteiger partial charge in [-0.25, -0.2) is 4.39 Å². The molecule has 1 aromatic heterocycles. The van der Waals surface area contributed by atoms with E-state index in [0.29, 0.717) is 11.3 Å². The average molecular weight is 260 g/mol. The Morgan fingerprint density at radius 1 is 1.21 bits per heavy atom. The molecule has 0 atom stereocenters. The lowest BCUT2D eigenvalue weighted by Gasteiger charge is -2.07. The maximum atomic E-state index is 13.4. The van der Waals surface area contributed by atoms with Crippen molar-refractivity contribution in [3.8, 4) is 5.75 Å². The van der Waals surface area contributed by atoms with Gasteiger partial charge in [0.05, 0.1) is 11.9 Å². The highest BCUT2D eigenvalue weighted by Crippen LogP contribution is 2.13. The molecule has 1 aromatic carbocycles. The number of halogens is 1. The largest absolute Gasteiger partial charge is 0.487 e. The van der Waals surface area contributed by atoms with Crippen LogP contribution < -0.4 is 10.1 Å². The zero-order valence-electron chi connectivity index (χ0n) is 10.9. The summed E-state index contributed by atoms with van der Waals surface area (Å²) in [5, 5.41) is 3.20. The fraction of sp³-hybridized carbons (Fsp3) is 0.267. The number of nitrogens with zero attached hydrogens (tertiary/aromatic N) is 1. The normalized spacial score (nSPS) is 10.4. The topological polar surface area (TPSA) is 34.1 Å². The van der Waals surface area contributed by atoms with Crippen LogP contribution in [0.4, 0.5) is 4.39 Å². The second kappa shape index (κ2) is 6.85. The Labute approximate surface area is 112 Å². The molecule has 0 amide bonds. The summed E-state index contributed by atoms with van der Waals surface area (Å²) < 4.78 is 18.9. The molecule has 0 spiro atoms. The molecule has 2 aromatic rings. The molecule has 0 radical (unpaired) electrons. The summed E-state index contributed by atoms with van der Waals surface area (Å²) in [5.41, 5.74) is 1.50. The zero-order chi connectivity index (χ0) is 13.5. The lowest BCUT2D eigenvalue weighted by atomic mass is 10.2. The molecule has 0 saturated carbocycles. The molecule has 2 rings (SSSR count). The van der Waals surface area contributed by atoms with Crippen LogP contribution in [0.5, 0.6) is 5.75 Å². The summed E-state index contributed by atoms with van der Waals surface area (Å²) in [6.45, 7) is 3.91. The molecule has 0 bridgehead atoms. The second-order valence-electron chi connectivity index (χ2n) is 4.15. The van der Waals surface area contributed by atoms with Crippen LogP contribution in [-0.4, -0.2) is 11.5 Å². The Morgan fingerprint density at radius 2 is 2.05 bits per heavy atom.